The summed E-state index contributed by atoms with van der Waals surface area (Å²) in [6.45, 7) is 1.66. The van der Waals surface area contributed by atoms with Crippen molar-refractivity contribution in [3.8, 4) is 0 Å². The highest BCUT2D eigenvalue weighted by atomic mass is 16.3. The molecule has 1 aliphatic rings. The maximum absolute atomic E-state index is 12.7. The summed E-state index contributed by atoms with van der Waals surface area (Å²) in [4.78, 5) is 14.6. The van der Waals surface area contributed by atoms with Gasteiger partial charge in [-0.05, 0) is 37.0 Å². The number of aryl methyl sites for hydroxylation is 1. The molecule has 1 amide bonds. The molecule has 3 nitrogen and oxygen atoms in total. The zero-order chi connectivity index (χ0) is 15.5. The Morgan fingerprint density at radius 1 is 1.18 bits per heavy atom. The summed E-state index contributed by atoms with van der Waals surface area (Å²) in [7, 11) is 0. The van der Waals surface area contributed by atoms with Crippen LogP contribution in [0, 0.1) is 0 Å². The van der Waals surface area contributed by atoms with Gasteiger partial charge < -0.3 is 10.0 Å². The smallest absolute Gasteiger partial charge is 0.230 e. The van der Waals surface area contributed by atoms with E-state index in [1.807, 2.05) is 41.3 Å². The third-order valence-electron chi connectivity index (χ3n) is 4.17. The fourth-order valence-corrected chi connectivity index (χ4v) is 3.20. The summed E-state index contributed by atoms with van der Waals surface area (Å²) < 4.78 is 0. The van der Waals surface area contributed by atoms with Gasteiger partial charge in [-0.1, -0.05) is 48.5 Å². The van der Waals surface area contributed by atoms with E-state index in [4.69, 9.17) is 0 Å². The normalized spacial score (nSPS) is 18.6. The van der Waals surface area contributed by atoms with Gasteiger partial charge in [0.1, 0.15) is 0 Å². The number of hydrogen-bond acceptors (Lipinski definition) is 2. The summed E-state index contributed by atoms with van der Waals surface area (Å²) in [6.07, 6.45) is 1.40. The SMILES string of the molecule is CC(O)CC(=O)N1c2ccccc2CCC1c1ccccc1. The first-order valence-electron chi connectivity index (χ1n) is 7.80. The third-order valence-corrected chi connectivity index (χ3v) is 4.17. The summed E-state index contributed by atoms with van der Waals surface area (Å²) in [5.41, 5.74) is 3.33. The molecule has 1 heterocycles. The number of para-hydroxylation sites is 1. The maximum atomic E-state index is 12.7. The Labute approximate surface area is 131 Å². The molecule has 2 atom stereocenters. The van der Waals surface area contributed by atoms with Crippen LogP contribution in [-0.4, -0.2) is 17.1 Å². The quantitative estimate of drug-likeness (QED) is 0.942. The van der Waals surface area contributed by atoms with Gasteiger partial charge in [-0.2, -0.15) is 0 Å². The standard InChI is InChI=1S/C19H21NO2/c1-14(21)13-19(22)20-17-10-6-5-9-16(17)11-12-18(20)15-7-3-2-4-8-15/h2-10,14,18,21H,11-13H2,1H3. The number of aliphatic hydroxyl groups is 1. The Bertz CT molecular complexity index is 651. The lowest BCUT2D eigenvalue weighted by Crippen LogP contribution is -2.39. The number of anilines is 1. The molecule has 0 radical (unpaired) electrons. The van der Waals surface area contributed by atoms with E-state index in [1.165, 1.54) is 5.56 Å². The molecule has 0 fully saturated rings. The molecular formula is C19H21NO2. The largest absolute Gasteiger partial charge is 0.393 e. The predicted octanol–water partition coefficient (Wildman–Crippen LogP) is 3.48. The van der Waals surface area contributed by atoms with E-state index in [-0.39, 0.29) is 18.4 Å². The number of aliphatic hydroxyl groups excluding tert-OH is 1. The van der Waals surface area contributed by atoms with Crippen LogP contribution in [0.5, 0.6) is 0 Å². The molecule has 1 N–H and O–H groups in total. The number of fused-ring (bicyclic) bond motifs is 1. The minimum atomic E-state index is -0.627. The van der Waals surface area contributed by atoms with E-state index in [9.17, 15) is 9.90 Å². The molecule has 3 heteroatoms. The van der Waals surface area contributed by atoms with E-state index in [1.54, 1.807) is 6.92 Å². The second-order valence-corrected chi connectivity index (χ2v) is 5.91. The van der Waals surface area contributed by atoms with Crippen molar-refractivity contribution >= 4 is 11.6 Å². The second-order valence-electron chi connectivity index (χ2n) is 5.91. The first kappa shape index (κ1) is 14.8. The minimum Gasteiger partial charge on any atom is -0.393 e. The molecule has 0 aliphatic carbocycles. The highest BCUT2D eigenvalue weighted by Gasteiger charge is 2.31. The Morgan fingerprint density at radius 3 is 2.59 bits per heavy atom. The molecule has 2 aromatic rings. The van der Waals surface area contributed by atoms with Crippen molar-refractivity contribution in [2.24, 2.45) is 0 Å². The van der Waals surface area contributed by atoms with Gasteiger partial charge in [0.15, 0.2) is 0 Å². The molecule has 0 saturated carbocycles. The van der Waals surface area contributed by atoms with Crippen LogP contribution in [0.2, 0.25) is 0 Å². The molecule has 0 bridgehead atoms. The first-order valence-corrected chi connectivity index (χ1v) is 7.80. The van der Waals surface area contributed by atoms with Crippen molar-refractivity contribution in [2.75, 3.05) is 4.90 Å². The Balaban J connectivity index is 2.01. The van der Waals surface area contributed by atoms with Gasteiger partial charge in [0.25, 0.3) is 0 Å². The fraction of sp³-hybridized carbons (Fsp3) is 0.316. The van der Waals surface area contributed by atoms with Crippen LogP contribution in [0.15, 0.2) is 54.6 Å². The van der Waals surface area contributed by atoms with Gasteiger partial charge in [-0.15, -0.1) is 0 Å². The van der Waals surface area contributed by atoms with Gasteiger partial charge >= 0.3 is 0 Å². The topological polar surface area (TPSA) is 40.5 Å². The molecule has 0 aromatic heterocycles. The molecule has 2 aromatic carbocycles. The number of hydrogen-bond donors (Lipinski definition) is 1. The first-order chi connectivity index (χ1) is 10.7. The van der Waals surface area contributed by atoms with Crippen LogP contribution in [-0.2, 0) is 11.2 Å². The van der Waals surface area contributed by atoms with Gasteiger partial charge in [-0.3, -0.25) is 4.79 Å². The van der Waals surface area contributed by atoms with E-state index < -0.39 is 6.10 Å². The Hall–Kier alpha value is -2.13. The van der Waals surface area contributed by atoms with Gasteiger partial charge in [0, 0.05) is 5.69 Å². The maximum Gasteiger partial charge on any atom is 0.230 e. The lowest BCUT2D eigenvalue weighted by Gasteiger charge is -2.38. The number of amides is 1. The van der Waals surface area contributed by atoms with Crippen LogP contribution < -0.4 is 4.90 Å². The molecule has 114 valence electrons. The number of benzene rings is 2. The van der Waals surface area contributed by atoms with Gasteiger partial charge in [0.05, 0.1) is 18.6 Å². The van der Waals surface area contributed by atoms with Crippen LogP contribution in [0.1, 0.15) is 36.9 Å². The molecule has 0 spiro atoms. The van der Waals surface area contributed by atoms with Crippen LogP contribution in [0.25, 0.3) is 0 Å². The molecule has 0 saturated heterocycles. The van der Waals surface area contributed by atoms with Crippen LogP contribution >= 0.6 is 0 Å². The van der Waals surface area contributed by atoms with Crippen molar-refractivity contribution < 1.29 is 9.90 Å². The van der Waals surface area contributed by atoms with Crippen molar-refractivity contribution in [2.45, 2.75) is 38.3 Å². The van der Waals surface area contributed by atoms with E-state index >= 15 is 0 Å². The number of rotatable bonds is 3. The molecule has 2 unspecified atom stereocenters. The Morgan fingerprint density at radius 2 is 1.86 bits per heavy atom. The molecular weight excluding hydrogens is 274 g/mol. The minimum absolute atomic E-state index is 0.0176. The van der Waals surface area contributed by atoms with Crippen LogP contribution in [0.3, 0.4) is 0 Å². The summed E-state index contributed by atoms with van der Waals surface area (Å²) >= 11 is 0. The highest BCUT2D eigenvalue weighted by molar-refractivity contribution is 5.95. The van der Waals surface area contributed by atoms with Crippen molar-refractivity contribution in [3.63, 3.8) is 0 Å². The fourth-order valence-electron chi connectivity index (χ4n) is 3.20. The average Bonchev–Trinajstić information content (AvgIpc) is 2.54. The molecule has 3 rings (SSSR count). The lowest BCUT2D eigenvalue weighted by atomic mass is 9.90. The number of carbonyl (C=O) groups excluding carboxylic acids is 1. The van der Waals surface area contributed by atoms with Crippen molar-refractivity contribution in [3.05, 3.63) is 65.7 Å². The van der Waals surface area contributed by atoms with E-state index in [2.05, 4.69) is 18.2 Å². The van der Waals surface area contributed by atoms with Crippen LogP contribution in [0.4, 0.5) is 5.69 Å². The summed E-state index contributed by atoms with van der Waals surface area (Å²) in [5, 5.41) is 9.61. The Kier molecular flexibility index (Phi) is 4.25. The number of carbonyl (C=O) groups is 1. The van der Waals surface area contributed by atoms with E-state index in [0.717, 1.165) is 24.1 Å². The zero-order valence-corrected chi connectivity index (χ0v) is 12.8. The zero-order valence-electron chi connectivity index (χ0n) is 12.8. The average molecular weight is 295 g/mol. The molecule has 1 aliphatic heterocycles. The van der Waals surface area contributed by atoms with Gasteiger partial charge in [0.2, 0.25) is 5.91 Å². The van der Waals surface area contributed by atoms with E-state index in [0.29, 0.717) is 0 Å². The summed E-state index contributed by atoms with van der Waals surface area (Å²) in [6, 6.07) is 18.3. The molecule has 22 heavy (non-hydrogen) atoms. The van der Waals surface area contributed by atoms with Crippen molar-refractivity contribution in [1.82, 2.24) is 0 Å². The van der Waals surface area contributed by atoms with Crippen molar-refractivity contribution in [1.29, 1.82) is 0 Å². The predicted molar refractivity (Wildman–Crippen MR) is 87.7 cm³/mol. The second kappa shape index (κ2) is 6.32. The monoisotopic (exact) mass is 295 g/mol. The lowest BCUT2D eigenvalue weighted by molar-refractivity contribution is -0.120. The number of nitrogens with zero attached hydrogens (tertiary/aromatic N) is 1. The summed E-state index contributed by atoms with van der Waals surface area (Å²) in [5.74, 6) is -0.0176. The third kappa shape index (κ3) is 2.90. The highest BCUT2D eigenvalue weighted by Crippen LogP contribution is 2.38. The van der Waals surface area contributed by atoms with Gasteiger partial charge in [-0.25, -0.2) is 0 Å².